The van der Waals surface area contributed by atoms with E-state index in [9.17, 15) is 4.79 Å². The van der Waals surface area contributed by atoms with Crippen molar-refractivity contribution >= 4 is 11.7 Å². The minimum atomic E-state index is 0.127. The molecule has 0 aliphatic carbocycles. The van der Waals surface area contributed by atoms with Crippen LogP contribution < -0.4 is 16.0 Å². The second-order valence-electron chi connectivity index (χ2n) is 4.98. The third-order valence-corrected chi connectivity index (χ3v) is 3.94. The Hall–Kier alpha value is -1.62. The quantitative estimate of drug-likeness (QED) is 0.785. The Balaban J connectivity index is 1.88. The molecule has 0 spiro atoms. The summed E-state index contributed by atoms with van der Waals surface area (Å²) < 4.78 is 0. The molecular formula is C13H18N4O. The van der Waals surface area contributed by atoms with Gasteiger partial charge in [0.05, 0.1) is 12.0 Å². The number of pyridine rings is 1. The van der Waals surface area contributed by atoms with Crippen molar-refractivity contribution in [2.24, 2.45) is 11.7 Å². The fourth-order valence-electron chi connectivity index (χ4n) is 2.98. The third-order valence-electron chi connectivity index (χ3n) is 3.94. The van der Waals surface area contributed by atoms with E-state index in [1.807, 2.05) is 12.1 Å². The number of hydrogen-bond donors (Lipinski definition) is 2. The molecule has 5 heteroatoms. The fraction of sp³-hybridized carbons (Fsp3) is 0.538. The van der Waals surface area contributed by atoms with Gasteiger partial charge in [0.25, 0.3) is 0 Å². The maximum absolute atomic E-state index is 11.7. The summed E-state index contributed by atoms with van der Waals surface area (Å²) in [5, 5.41) is 2.96. The van der Waals surface area contributed by atoms with Gasteiger partial charge in [0.15, 0.2) is 0 Å². The van der Waals surface area contributed by atoms with Crippen LogP contribution in [-0.4, -0.2) is 30.0 Å². The minimum absolute atomic E-state index is 0.127. The first-order chi connectivity index (χ1) is 8.79. The monoisotopic (exact) mass is 246 g/mol. The molecule has 5 nitrogen and oxygen atoms in total. The first kappa shape index (κ1) is 11.5. The molecule has 2 aliphatic rings. The summed E-state index contributed by atoms with van der Waals surface area (Å²) in [5.41, 5.74) is 6.75. The van der Waals surface area contributed by atoms with Gasteiger partial charge in [-0.3, -0.25) is 4.79 Å². The largest absolute Gasteiger partial charge is 0.354 e. The normalized spacial score (nSPS) is 26.9. The number of carbonyl (C=O) groups is 1. The SMILES string of the molecule is NCc1ccnc(N2CCCC3C(=O)NCC32)c1. The Bertz CT molecular complexity index is 462. The molecular weight excluding hydrogens is 228 g/mol. The van der Waals surface area contributed by atoms with E-state index >= 15 is 0 Å². The predicted molar refractivity (Wildman–Crippen MR) is 69.0 cm³/mol. The number of fused-ring (bicyclic) bond motifs is 1. The van der Waals surface area contributed by atoms with Crippen LogP contribution in [0.1, 0.15) is 18.4 Å². The first-order valence-corrected chi connectivity index (χ1v) is 6.49. The summed E-state index contributed by atoms with van der Waals surface area (Å²) in [6.07, 6.45) is 3.83. The summed E-state index contributed by atoms with van der Waals surface area (Å²) in [6.45, 7) is 2.23. The molecule has 1 aromatic heterocycles. The molecule has 0 bridgehead atoms. The molecule has 0 saturated carbocycles. The van der Waals surface area contributed by atoms with Crippen molar-refractivity contribution in [1.29, 1.82) is 0 Å². The number of carbonyl (C=O) groups excluding carboxylic acids is 1. The van der Waals surface area contributed by atoms with Crippen molar-refractivity contribution in [2.45, 2.75) is 25.4 Å². The average Bonchev–Trinajstić information content (AvgIpc) is 2.81. The van der Waals surface area contributed by atoms with E-state index in [4.69, 9.17) is 5.73 Å². The molecule has 3 N–H and O–H groups in total. The van der Waals surface area contributed by atoms with E-state index in [1.165, 1.54) is 0 Å². The van der Waals surface area contributed by atoms with Crippen LogP contribution >= 0.6 is 0 Å². The van der Waals surface area contributed by atoms with Crippen LogP contribution in [0, 0.1) is 5.92 Å². The Labute approximate surface area is 106 Å². The standard InChI is InChI=1S/C13H18N4O/c14-7-9-3-4-15-12(6-9)17-5-1-2-10-11(17)8-16-13(10)18/h3-4,6,10-11H,1-2,5,7-8,14H2,(H,16,18). The molecule has 1 amide bonds. The van der Waals surface area contributed by atoms with E-state index in [0.717, 1.165) is 37.3 Å². The number of nitrogens with one attached hydrogen (secondary N) is 1. The molecule has 1 aromatic rings. The Morgan fingerprint density at radius 2 is 2.44 bits per heavy atom. The van der Waals surface area contributed by atoms with E-state index in [0.29, 0.717) is 6.54 Å². The highest BCUT2D eigenvalue weighted by Gasteiger charge is 2.41. The topological polar surface area (TPSA) is 71.2 Å². The lowest BCUT2D eigenvalue weighted by Crippen LogP contribution is -2.46. The molecule has 96 valence electrons. The average molecular weight is 246 g/mol. The van der Waals surface area contributed by atoms with Crippen molar-refractivity contribution in [2.75, 3.05) is 18.0 Å². The van der Waals surface area contributed by atoms with Gasteiger partial charge >= 0.3 is 0 Å². The van der Waals surface area contributed by atoms with Gasteiger partial charge in [-0.05, 0) is 30.5 Å². The summed E-state index contributed by atoms with van der Waals surface area (Å²) in [5.74, 6) is 1.27. The summed E-state index contributed by atoms with van der Waals surface area (Å²) in [6, 6.07) is 4.22. The lowest BCUT2D eigenvalue weighted by atomic mass is 9.91. The molecule has 2 unspecified atom stereocenters. The maximum atomic E-state index is 11.7. The second kappa shape index (κ2) is 4.57. The van der Waals surface area contributed by atoms with Gasteiger partial charge in [0.1, 0.15) is 5.82 Å². The van der Waals surface area contributed by atoms with E-state index in [1.54, 1.807) is 6.20 Å². The Morgan fingerprint density at radius 3 is 3.28 bits per heavy atom. The third kappa shape index (κ3) is 1.84. The molecule has 2 aliphatic heterocycles. The molecule has 3 heterocycles. The van der Waals surface area contributed by atoms with Crippen molar-refractivity contribution in [3.8, 4) is 0 Å². The summed E-state index contributed by atoms with van der Waals surface area (Å²) in [7, 11) is 0. The van der Waals surface area contributed by atoms with Crippen LogP contribution in [0.25, 0.3) is 0 Å². The summed E-state index contributed by atoms with van der Waals surface area (Å²) >= 11 is 0. The van der Waals surface area contributed by atoms with Crippen molar-refractivity contribution < 1.29 is 4.79 Å². The molecule has 0 radical (unpaired) electrons. The smallest absolute Gasteiger partial charge is 0.225 e. The maximum Gasteiger partial charge on any atom is 0.225 e. The Kier molecular flexibility index (Phi) is 2.91. The molecule has 18 heavy (non-hydrogen) atoms. The van der Waals surface area contributed by atoms with Gasteiger partial charge in [-0.15, -0.1) is 0 Å². The van der Waals surface area contributed by atoms with Crippen LogP contribution in [0.3, 0.4) is 0 Å². The van der Waals surface area contributed by atoms with Crippen molar-refractivity contribution in [1.82, 2.24) is 10.3 Å². The number of aromatic nitrogens is 1. The highest BCUT2D eigenvalue weighted by atomic mass is 16.2. The van der Waals surface area contributed by atoms with Crippen molar-refractivity contribution in [3.05, 3.63) is 23.9 Å². The number of rotatable bonds is 2. The summed E-state index contributed by atoms with van der Waals surface area (Å²) in [4.78, 5) is 18.4. The highest BCUT2D eigenvalue weighted by molar-refractivity contribution is 5.83. The predicted octanol–water partition coefficient (Wildman–Crippen LogP) is 0.255. The number of nitrogens with zero attached hydrogens (tertiary/aromatic N) is 2. The zero-order valence-corrected chi connectivity index (χ0v) is 10.3. The van der Waals surface area contributed by atoms with Gasteiger partial charge in [0, 0.05) is 25.8 Å². The zero-order valence-electron chi connectivity index (χ0n) is 10.3. The lowest BCUT2D eigenvalue weighted by Gasteiger charge is -2.36. The second-order valence-corrected chi connectivity index (χ2v) is 4.98. The van der Waals surface area contributed by atoms with E-state index in [2.05, 4.69) is 15.2 Å². The van der Waals surface area contributed by atoms with Gasteiger partial charge in [-0.1, -0.05) is 0 Å². The fourth-order valence-corrected chi connectivity index (χ4v) is 2.98. The van der Waals surface area contributed by atoms with Gasteiger partial charge in [-0.25, -0.2) is 4.98 Å². The van der Waals surface area contributed by atoms with E-state index < -0.39 is 0 Å². The lowest BCUT2D eigenvalue weighted by molar-refractivity contribution is -0.122. The number of anilines is 1. The number of hydrogen-bond acceptors (Lipinski definition) is 4. The number of nitrogens with two attached hydrogens (primary N) is 1. The van der Waals surface area contributed by atoms with Crippen LogP contribution in [0.2, 0.25) is 0 Å². The number of amides is 1. The van der Waals surface area contributed by atoms with Crippen LogP contribution in [-0.2, 0) is 11.3 Å². The van der Waals surface area contributed by atoms with Gasteiger partial charge < -0.3 is 16.0 Å². The molecule has 2 atom stereocenters. The molecule has 0 aromatic carbocycles. The van der Waals surface area contributed by atoms with Crippen molar-refractivity contribution in [3.63, 3.8) is 0 Å². The van der Waals surface area contributed by atoms with Crippen LogP contribution in [0.15, 0.2) is 18.3 Å². The zero-order chi connectivity index (χ0) is 12.5. The van der Waals surface area contributed by atoms with Crippen LogP contribution in [0.4, 0.5) is 5.82 Å². The van der Waals surface area contributed by atoms with E-state index in [-0.39, 0.29) is 17.9 Å². The first-order valence-electron chi connectivity index (χ1n) is 6.49. The molecule has 2 fully saturated rings. The Morgan fingerprint density at radius 1 is 1.56 bits per heavy atom. The molecule has 2 saturated heterocycles. The molecule has 3 rings (SSSR count). The minimum Gasteiger partial charge on any atom is -0.354 e. The highest BCUT2D eigenvalue weighted by Crippen LogP contribution is 2.30. The van der Waals surface area contributed by atoms with Gasteiger partial charge in [0.2, 0.25) is 5.91 Å². The number of piperidine rings is 1. The van der Waals surface area contributed by atoms with Crippen LogP contribution in [0.5, 0.6) is 0 Å². The van der Waals surface area contributed by atoms with Gasteiger partial charge in [-0.2, -0.15) is 0 Å².